The Bertz CT molecular complexity index is 384. The van der Waals surface area contributed by atoms with Crippen LogP contribution in [0.25, 0.3) is 0 Å². The lowest BCUT2D eigenvalue weighted by Gasteiger charge is -2.18. The topological polar surface area (TPSA) is 63.3 Å². The van der Waals surface area contributed by atoms with Crippen molar-refractivity contribution in [1.29, 1.82) is 0 Å². The molecule has 2 rings (SSSR count). The van der Waals surface area contributed by atoms with Crippen molar-refractivity contribution in [2.45, 2.75) is 32.1 Å². The lowest BCUT2D eigenvalue weighted by molar-refractivity contribution is 0.0696. The fourth-order valence-electron chi connectivity index (χ4n) is 2.15. The van der Waals surface area contributed by atoms with Crippen LogP contribution >= 0.6 is 11.3 Å². The van der Waals surface area contributed by atoms with Gasteiger partial charge in [-0.1, -0.05) is 6.92 Å². The van der Waals surface area contributed by atoms with Crippen LogP contribution in [0.4, 0.5) is 5.00 Å². The number of thiophene rings is 1. The molecular formula is C10H13NO2S. The number of anilines is 1. The molecule has 1 heterocycles. The van der Waals surface area contributed by atoms with Gasteiger partial charge in [0.05, 0.1) is 5.56 Å². The van der Waals surface area contributed by atoms with Gasteiger partial charge in [-0.3, -0.25) is 0 Å². The van der Waals surface area contributed by atoms with Gasteiger partial charge in [0.15, 0.2) is 0 Å². The fourth-order valence-corrected chi connectivity index (χ4v) is 3.38. The van der Waals surface area contributed by atoms with Crippen molar-refractivity contribution in [2.75, 3.05) is 5.73 Å². The molecule has 4 heteroatoms. The second kappa shape index (κ2) is 3.28. The first-order valence-corrected chi connectivity index (χ1v) is 5.57. The summed E-state index contributed by atoms with van der Waals surface area (Å²) < 4.78 is 0. The third-order valence-electron chi connectivity index (χ3n) is 2.80. The molecule has 1 aliphatic rings. The van der Waals surface area contributed by atoms with Gasteiger partial charge in [0.25, 0.3) is 0 Å². The molecule has 14 heavy (non-hydrogen) atoms. The molecular weight excluding hydrogens is 198 g/mol. The standard InChI is InChI=1S/C10H13NO2S/c1-5-3-2-4-6-7(5)8(10(12)13)9(11)14-6/h5H,2-4,11H2,1H3,(H,12,13). The summed E-state index contributed by atoms with van der Waals surface area (Å²) in [7, 11) is 0. The van der Waals surface area contributed by atoms with E-state index >= 15 is 0 Å². The predicted octanol–water partition coefficient (Wildman–Crippen LogP) is 2.47. The predicted molar refractivity (Wildman–Crippen MR) is 57.0 cm³/mol. The molecule has 0 saturated heterocycles. The fraction of sp³-hybridized carbons (Fsp3) is 0.500. The maximum absolute atomic E-state index is 11.0. The Morgan fingerprint density at radius 1 is 1.64 bits per heavy atom. The monoisotopic (exact) mass is 211 g/mol. The van der Waals surface area contributed by atoms with E-state index in [0.29, 0.717) is 16.5 Å². The molecule has 1 unspecified atom stereocenters. The summed E-state index contributed by atoms with van der Waals surface area (Å²) in [6.07, 6.45) is 3.21. The minimum absolute atomic E-state index is 0.346. The molecule has 0 saturated carbocycles. The Morgan fingerprint density at radius 3 is 3.00 bits per heavy atom. The van der Waals surface area contributed by atoms with Gasteiger partial charge in [-0.25, -0.2) is 4.79 Å². The molecule has 0 fully saturated rings. The highest BCUT2D eigenvalue weighted by molar-refractivity contribution is 7.16. The van der Waals surface area contributed by atoms with Crippen molar-refractivity contribution < 1.29 is 9.90 Å². The molecule has 1 aromatic heterocycles. The van der Waals surface area contributed by atoms with Gasteiger partial charge < -0.3 is 10.8 Å². The van der Waals surface area contributed by atoms with Crippen molar-refractivity contribution >= 4 is 22.3 Å². The first-order chi connectivity index (χ1) is 6.61. The molecule has 1 aliphatic carbocycles. The number of carboxylic acid groups (broad SMARTS) is 1. The molecule has 3 N–H and O–H groups in total. The zero-order valence-electron chi connectivity index (χ0n) is 8.04. The number of carbonyl (C=O) groups is 1. The number of carboxylic acids is 1. The number of rotatable bonds is 1. The quantitative estimate of drug-likeness (QED) is 0.750. The van der Waals surface area contributed by atoms with Crippen LogP contribution in [0.1, 0.15) is 46.5 Å². The molecule has 0 bridgehead atoms. The minimum Gasteiger partial charge on any atom is -0.478 e. The van der Waals surface area contributed by atoms with Gasteiger partial charge in [0.2, 0.25) is 0 Å². The normalized spacial score (nSPS) is 20.5. The Balaban J connectivity index is 2.59. The molecule has 3 nitrogen and oxygen atoms in total. The molecule has 76 valence electrons. The number of fused-ring (bicyclic) bond motifs is 1. The third-order valence-corrected chi connectivity index (χ3v) is 3.89. The van der Waals surface area contributed by atoms with Crippen LogP contribution in [-0.4, -0.2) is 11.1 Å². The summed E-state index contributed by atoms with van der Waals surface area (Å²) in [4.78, 5) is 12.2. The van der Waals surface area contributed by atoms with E-state index < -0.39 is 5.97 Å². The van der Waals surface area contributed by atoms with E-state index in [2.05, 4.69) is 6.92 Å². The number of hydrogen-bond donors (Lipinski definition) is 2. The van der Waals surface area contributed by atoms with Gasteiger partial charge in [0, 0.05) is 4.88 Å². The van der Waals surface area contributed by atoms with Crippen molar-refractivity contribution in [2.24, 2.45) is 0 Å². The SMILES string of the molecule is CC1CCCc2sc(N)c(C(=O)O)c21. The molecule has 1 aromatic rings. The van der Waals surface area contributed by atoms with Gasteiger partial charge in [-0.05, 0) is 30.7 Å². The summed E-state index contributed by atoms with van der Waals surface area (Å²) in [5.74, 6) is -0.535. The third kappa shape index (κ3) is 1.30. The maximum Gasteiger partial charge on any atom is 0.338 e. The van der Waals surface area contributed by atoms with E-state index in [4.69, 9.17) is 10.8 Å². The van der Waals surface area contributed by atoms with Gasteiger partial charge in [-0.2, -0.15) is 0 Å². The Kier molecular flexibility index (Phi) is 2.23. The average Bonchev–Trinajstić information content (AvgIpc) is 2.42. The number of nitrogen functional groups attached to an aromatic ring is 1. The first-order valence-electron chi connectivity index (χ1n) is 4.75. The maximum atomic E-state index is 11.0. The first kappa shape index (κ1) is 9.52. The molecule has 0 amide bonds. The molecule has 0 aromatic carbocycles. The van der Waals surface area contributed by atoms with Crippen molar-refractivity contribution in [1.82, 2.24) is 0 Å². The van der Waals surface area contributed by atoms with Gasteiger partial charge in [-0.15, -0.1) is 11.3 Å². The summed E-state index contributed by atoms with van der Waals surface area (Å²) in [5.41, 5.74) is 7.07. The van der Waals surface area contributed by atoms with Crippen LogP contribution in [0.15, 0.2) is 0 Å². The van der Waals surface area contributed by atoms with Gasteiger partial charge in [0.1, 0.15) is 5.00 Å². The number of aryl methyl sites for hydroxylation is 1. The Hall–Kier alpha value is -1.03. The second-order valence-corrected chi connectivity index (χ2v) is 4.91. The Morgan fingerprint density at radius 2 is 2.36 bits per heavy atom. The summed E-state index contributed by atoms with van der Waals surface area (Å²) >= 11 is 1.45. The summed E-state index contributed by atoms with van der Waals surface area (Å²) in [6, 6.07) is 0. The zero-order chi connectivity index (χ0) is 10.3. The number of aromatic carboxylic acids is 1. The van der Waals surface area contributed by atoms with E-state index in [1.807, 2.05) is 0 Å². The average molecular weight is 211 g/mol. The molecule has 0 aliphatic heterocycles. The lowest BCUT2D eigenvalue weighted by Crippen LogP contribution is -2.10. The lowest BCUT2D eigenvalue weighted by atomic mass is 9.86. The van der Waals surface area contributed by atoms with E-state index in [0.717, 1.165) is 24.8 Å². The highest BCUT2D eigenvalue weighted by Crippen LogP contribution is 2.41. The van der Waals surface area contributed by atoms with Crippen LogP contribution in [0, 0.1) is 0 Å². The molecule has 1 atom stereocenters. The van der Waals surface area contributed by atoms with Crippen LogP contribution in [-0.2, 0) is 6.42 Å². The smallest absolute Gasteiger partial charge is 0.338 e. The molecule has 0 radical (unpaired) electrons. The number of hydrogen-bond acceptors (Lipinski definition) is 3. The highest BCUT2D eigenvalue weighted by Gasteiger charge is 2.27. The van der Waals surface area contributed by atoms with Gasteiger partial charge >= 0.3 is 5.97 Å². The highest BCUT2D eigenvalue weighted by atomic mass is 32.1. The van der Waals surface area contributed by atoms with Crippen molar-refractivity contribution in [3.63, 3.8) is 0 Å². The van der Waals surface area contributed by atoms with Crippen LogP contribution in [0.3, 0.4) is 0 Å². The largest absolute Gasteiger partial charge is 0.478 e. The zero-order valence-corrected chi connectivity index (χ0v) is 8.86. The Labute approximate surface area is 86.6 Å². The second-order valence-electron chi connectivity index (χ2n) is 3.78. The van der Waals surface area contributed by atoms with Crippen LogP contribution in [0.2, 0.25) is 0 Å². The van der Waals surface area contributed by atoms with Crippen molar-refractivity contribution in [3.8, 4) is 0 Å². The van der Waals surface area contributed by atoms with Crippen LogP contribution in [0.5, 0.6) is 0 Å². The van der Waals surface area contributed by atoms with E-state index in [1.165, 1.54) is 16.2 Å². The van der Waals surface area contributed by atoms with Crippen molar-refractivity contribution in [3.05, 3.63) is 16.0 Å². The van der Waals surface area contributed by atoms with E-state index in [9.17, 15) is 4.79 Å². The minimum atomic E-state index is -0.881. The van der Waals surface area contributed by atoms with Crippen LogP contribution < -0.4 is 5.73 Å². The van der Waals surface area contributed by atoms with E-state index in [1.54, 1.807) is 0 Å². The summed E-state index contributed by atoms with van der Waals surface area (Å²) in [5, 5.41) is 9.52. The molecule has 0 spiro atoms. The summed E-state index contributed by atoms with van der Waals surface area (Å²) in [6.45, 7) is 2.08. The number of nitrogens with two attached hydrogens (primary N) is 1. The van der Waals surface area contributed by atoms with E-state index in [-0.39, 0.29) is 0 Å².